The summed E-state index contributed by atoms with van der Waals surface area (Å²) in [5.41, 5.74) is 0.751. The van der Waals surface area contributed by atoms with Crippen LogP contribution in [0, 0.1) is 0 Å². The summed E-state index contributed by atoms with van der Waals surface area (Å²) in [5, 5.41) is 3.55. The molecule has 0 aliphatic rings. The second kappa shape index (κ2) is 13.7. The molecule has 0 aliphatic heterocycles. The van der Waals surface area contributed by atoms with Crippen LogP contribution in [0.5, 0.6) is 0 Å². The predicted octanol–water partition coefficient (Wildman–Crippen LogP) is 6.28. The maximum Gasteiger partial charge on any atom is 0.264 e. The van der Waals surface area contributed by atoms with Gasteiger partial charge in [0.05, 0.1) is 10.6 Å². The zero-order valence-corrected chi connectivity index (χ0v) is 25.7. The van der Waals surface area contributed by atoms with E-state index >= 15 is 0 Å². The van der Waals surface area contributed by atoms with Gasteiger partial charge in [0.2, 0.25) is 11.8 Å². The van der Waals surface area contributed by atoms with E-state index in [1.54, 1.807) is 67.6 Å². The fourth-order valence-corrected chi connectivity index (χ4v) is 5.97. The third-order valence-electron chi connectivity index (χ3n) is 6.28. The molecule has 3 aromatic carbocycles. The van der Waals surface area contributed by atoms with Crippen molar-refractivity contribution in [3.63, 3.8) is 0 Å². The summed E-state index contributed by atoms with van der Waals surface area (Å²) in [6.45, 7) is 4.75. The van der Waals surface area contributed by atoms with Crippen molar-refractivity contribution >= 4 is 66.7 Å². The van der Waals surface area contributed by atoms with Crippen LogP contribution in [-0.2, 0) is 26.2 Å². The van der Waals surface area contributed by atoms with Crippen molar-refractivity contribution in [2.45, 2.75) is 50.7 Å². The van der Waals surface area contributed by atoms with Crippen LogP contribution in [0.2, 0.25) is 10.0 Å². The molecule has 3 rings (SSSR count). The van der Waals surface area contributed by atoms with E-state index in [0.717, 1.165) is 8.78 Å². The Kier molecular flexibility index (Phi) is 10.8. The van der Waals surface area contributed by atoms with Crippen molar-refractivity contribution in [2.75, 3.05) is 10.8 Å². The highest BCUT2D eigenvalue weighted by atomic mass is 79.9. The molecule has 1 N–H and O–H groups in total. The fraction of sp³-hybridized carbons (Fsp3) is 0.286. The molecule has 0 bridgehead atoms. The third-order valence-corrected chi connectivity index (χ3v) is 9.31. The van der Waals surface area contributed by atoms with E-state index in [4.69, 9.17) is 23.2 Å². The van der Waals surface area contributed by atoms with Gasteiger partial charge in [-0.15, -0.1) is 0 Å². The Morgan fingerprint density at radius 2 is 1.51 bits per heavy atom. The van der Waals surface area contributed by atoms with E-state index in [1.807, 2.05) is 13.8 Å². The molecule has 0 heterocycles. The smallest absolute Gasteiger partial charge is 0.264 e. The molecular weight excluding hydrogens is 625 g/mol. The molecule has 7 nitrogen and oxygen atoms in total. The topological polar surface area (TPSA) is 86.8 Å². The van der Waals surface area contributed by atoms with E-state index in [1.165, 1.54) is 17.0 Å². The number of rotatable bonds is 11. The number of hydrogen-bond donors (Lipinski definition) is 1. The molecule has 2 amide bonds. The molecule has 0 saturated heterocycles. The number of sulfonamides is 1. The molecule has 2 atom stereocenters. The molecule has 0 aliphatic carbocycles. The molecule has 3 aromatic rings. The normalized spacial score (nSPS) is 12.9. The van der Waals surface area contributed by atoms with Crippen LogP contribution in [-0.4, -0.2) is 43.8 Å². The van der Waals surface area contributed by atoms with Gasteiger partial charge in [0, 0.05) is 32.7 Å². The van der Waals surface area contributed by atoms with E-state index in [9.17, 15) is 18.0 Å². The van der Waals surface area contributed by atoms with Gasteiger partial charge in [0.1, 0.15) is 12.6 Å². The lowest BCUT2D eigenvalue weighted by molar-refractivity contribution is -0.139. The molecule has 39 heavy (non-hydrogen) atoms. The fourth-order valence-electron chi connectivity index (χ4n) is 3.76. The van der Waals surface area contributed by atoms with E-state index in [0.29, 0.717) is 27.7 Å². The van der Waals surface area contributed by atoms with Gasteiger partial charge in [-0.2, -0.15) is 0 Å². The van der Waals surface area contributed by atoms with Crippen molar-refractivity contribution in [1.29, 1.82) is 0 Å². The van der Waals surface area contributed by atoms with Crippen LogP contribution < -0.4 is 9.62 Å². The minimum Gasteiger partial charge on any atom is -0.352 e. The summed E-state index contributed by atoms with van der Waals surface area (Å²) in [4.78, 5) is 28.4. The van der Waals surface area contributed by atoms with Gasteiger partial charge in [0.25, 0.3) is 10.0 Å². The quantitative estimate of drug-likeness (QED) is 0.264. The highest BCUT2D eigenvalue weighted by Crippen LogP contribution is 2.29. The van der Waals surface area contributed by atoms with Gasteiger partial charge in [-0.25, -0.2) is 8.42 Å². The zero-order chi connectivity index (χ0) is 28.7. The second-order valence-corrected chi connectivity index (χ2v) is 12.6. The summed E-state index contributed by atoms with van der Waals surface area (Å²) in [6, 6.07) is 18.4. The maximum absolute atomic E-state index is 13.9. The summed E-state index contributed by atoms with van der Waals surface area (Å²) >= 11 is 16.2. The number of benzene rings is 3. The van der Waals surface area contributed by atoms with Gasteiger partial charge < -0.3 is 10.2 Å². The first-order chi connectivity index (χ1) is 18.4. The number of carbonyl (C=O) groups excluding carboxylic acids is 2. The average Bonchev–Trinajstić information content (AvgIpc) is 2.92. The predicted molar refractivity (Wildman–Crippen MR) is 159 cm³/mol. The lowest BCUT2D eigenvalue weighted by atomic mass is 10.1. The minimum atomic E-state index is -4.14. The van der Waals surface area contributed by atoms with E-state index in [2.05, 4.69) is 21.2 Å². The number of hydrogen-bond acceptors (Lipinski definition) is 4. The highest BCUT2D eigenvalue weighted by Gasteiger charge is 2.33. The lowest BCUT2D eigenvalue weighted by Crippen LogP contribution is -2.52. The first kappa shape index (κ1) is 30.9. The van der Waals surface area contributed by atoms with Crippen molar-refractivity contribution in [2.24, 2.45) is 0 Å². The Balaban J connectivity index is 2.05. The lowest BCUT2D eigenvalue weighted by Gasteiger charge is -2.32. The van der Waals surface area contributed by atoms with Crippen LogP contribution in [0.4, 0.5) is 5.69 Å². The first-order valence-electron chi connectivity index (χ1n) is 12.3. The minimum absolute atomic E-state index is 0.0315. The van der Waals surface area contributed by atoms with Gasteiger partial charge in [-0.3, -0.25) is 13.9 Å². The van der Waals surface area contributed by atoms with Crippen LogP contribution in [0.25, 0.3) is 0 Å². The highest BCUT2D eigenvalue weighted by molar-refractivity contribution is 9.10. The monoisotopic (exact) mass is 653 g/mol. The summed E-state index contributed by atoms with van der Waals surface area (Å²) in [6.07, 6.45) is 0.704. The van der Waals surface area contributed by atoms with Crippen LogP contribution in [0.15, 0.2) is 82.2 Å². The molecular formula is C28H30BrCl2N3O4S. The molecule has 0 aromatic heterocycles. The molecule has 0 saturated carbocycles. The summed E-state index contributed by atoms with van der Waals surface area (Å²) in [5.74, 6) is -0.970. The number of anilines is 1. The molecule has 11 heteroatoms. The second-order valence-electron chi connectivity index (χ2n) is 9.02. The zero-order valence-electron chi connectivity index (χ0n) is 21.8. The molecule has 0 spiro atoms. The maximum atomic E-state index is 13.9. The van der Waals surface area contributed by atoms with Crippen molar-refractivity contribution in [1.82, 2.24) is 10.2 Å². The van der Waals surface area contributed by atoms with Crippen molar-refractivity contribution in [3.8, 4) is 0 Å². The van der Waals surface area contributed by atoms with E-state index in [-0.39, 0.29) is 23.4 Å². The van der Waals surface area contributed by atoms with Crippen LogP contribution in [0.3, 0.4) is 0 Å². The first-order valence-corrected chi connectivity index (χ1v) is 15.3. The largest absolute Gasteiger partial charge is 0.352 e. The Morgan fingerprint density at radius 1 is 0.923 bits per heavy atom. The van der Waals surface area contributed by atoms with Gasteiger partial charge >= 0.3 is 0 Å². The SMILES string of the molecule is CC[C@H](C)NC(=O)[C@H](C)N(Cc1c(Cl)cccc1Cl)C(=O)CN(c1ccc(Br)cc1)S(=O)(=O)c1ccccc1. The summed E-state index contributed by atoms with van der Waals surface area (Å²) in [7, 11) is -4.14. The number of carbonyl (C=O) groups is 2. The Labute approximate surface area is 248 Å². The van der Waals surface area contributed by atoms with Gasteiger partial charge in [-0.1, -0.05) is 70.3 Å². The van der Waals surface area contributed by atoms with Crippen molar-refractivity contribution < 1.29 is 18.0 Å². The Morgan fingerprint density at radius 3 is 2.08 bits per heavy atom. The Hall–Kier alpha value is -2.59. The standard InChI is InChI=1S/C28H30BrCl2N3O4S/c1-4-19(2)32-28(36)20(3)33(17-24-25(30)11-8-12-26(24)31)27(35)18-34(22-15-13-21(29)14-16-22)39(37,38)23-9-6-5-7-10-23/h5-16,19-20H,4,17-18H2,1-3H3,(H,32,36)/t19-,20-/m0/s1. The van der Waals surface area contributed by atoms with Gasteiger partial charge in [0.15, 0.2) is 0 Å². The number of halogens is 3. The average molecular weight is 655 g/mol. The summed E-state index contributed by atoms with van der Waals surface area (Å²) < 4.78 is 29.3. The van der Waals surface area contributed by atoms with E-state index < -0.39 is 28.5 Å². The van der Waals surface area contributed by atoms with Crippen LogP contribution in [0.1, 0.15) is 32.8 Å². The third kappa shape index (κ3) is 7.75. The molecule has 208 valence electrons. The van der Waals surface area contributed by atoms with Crippen molar-refractivity contribution in [3.05, 3.63) is 92.9 Å². The number of nitrogens with one attached hydrogen (secondary N) is 1. The number of nitrogens with zero attached hydrogens (tertiary/aromatic N) is 2. The molecule has 0 radical (unpaired) electrons. The number of amides is 2. The molecule has 0 fully saturated rings. The Bertz CT molecular complexity index is 1390. The molecule has 0 unspecified atom stereocenters. The van der Waals surface area contributed by atoms with Gasteiger partial charge in [-0.05, 0) is 68.8 Å². The van der Waals surface area contributed by atoms with Crippen LogP contribution >= 0.6 is 39.1 Å².